The average molecular weight is 258 g/mol. The monoisotopic (exact) mass is 257 g/mol. The zero-order valence-electron chi connectivity index (χ0n) is 8.06. The highest BCUT2D eigenvalue weighted by molar-refractivity contribution is 9.10. The van der Waals surface area contributed by atoms with Crippen LogP contribution in [0.2, 0.25) is 0 Å². The van der Waals surface area contributed by atoms with Gasteiger partial charge in [-0.2, -0.15) is 0 Å². The second kappa shape index (κ2) is 3.31. The second-order valence-electron chi connectivity index (χ2n) is 4.07. The standard InChI is InChI=1S/C11H13BrFN/c1-7(14)11(4-5-11)9-3-2-8(13)6-10(9)12/h2-3,6-7H,4-5,14H2,1H3. The van der Waals surface area contributed by atoms with Crippen molar-refractivity contribution < 1.29 is 4.39 Å². The van der Waals surface area contributed by atoms with Crippen LogP contribution in [-0.4, -0.2) is 6.04 Å². The van der Waals surface area contributed by atoms with Gasteiger partial charge in [0.05, 0.1) is 0 Å². The summed E-state index contributed by atoms with van der Waals surface area (Å²) in [6.45, 7) is 2.02. The fourth-order valence-corrected chi connectivity index (χ4v) is 2.74. The van der Waals surface area contributed by atoms with E-state index in [-0.39, 0.29) is 17.3 Å². The molecule has 1 unspecified atom stereocenters. The number of rotatable bonds is 2. The molecule has 1 aromatic rings. The Balaban J connectivity index is 2.42. The molecule has 0 bridgehead atoms. The van der Waals surface area contributed by atoms with Crippen LogP contribution in [0.4, 0.5) is 4.39 Å². The van der Waals surface area contributed by atoms with Crippen molar-refractivity contribution in [3.8, 4) is 0 Å². The lowest BCUT2D eigenvalue weighted by Crippen LogP contribution is -2.31. The Bertz CT molecular complexity index is 358. The van der Waals surface area contributed by atoms with Crippen LogP contribution < -0.4 is 5.73 Å². The molecule has 0 aliphatic heterocycles. The van der Waals surface area contributed by atoms with E-state index in [2.05, 4.69) is 15.9 Å². The van der Waals surface area contributed by atoms with Crippen LogP contribution in [-0.2, 0) is 5.41 Å². The van der Waals surface area contributed by atoms with Gasteiger partial charge in [-0.25, -0.2) is 4.39 Å². The predicted octanol–water partition coefficient (Wildman–Crippen LogP) is 2.97. The Kier molecular flexibility index (Phi) is 2.40. The predicted molar refractivity (Wildman–Crippen MR) is 58.7 cm³/mol. The largest absolute Gasteiger partial charge is 0.327 e. The summed E-state index contributed by atoms with van der Waals surface area (Å²) in [4.78, 5) is 0. The van der Waals surface area contributed by atoms with E-state index in [0.717, 1.165) is 22.9 Å². The normalized spacial score (nSPS) is 20.6. The molecule has 0 radical (unpaired) electrons. The average Bonchev–Trinajstić information content (AvgIpc) is 2.84. The van der Waals surface area contributed by atoms with Gasteiger partial charge in [0.1, 0.15) is 5.82 Å². The molecule has 0 amide bonds. The van der Waals surface area contributed by atoms with Crippen LogP contribution in [0.15, 0.2) is 22.7 Å². The Morgan fingerprint density at radius 3 is 2.57 bits per heavy atom. The fraction of sp³-hybridized carbons (Fsp3) is 0.455. The van der Waals surface area contributed by atoms with E-state index in [4.69, 9.17) is 5.73 Å². The Labute approximate surface area is 91.6 Å². The zero-order chi connectivity index (χ0) is 10.3. The molecule has 1 aliphatic carbocycles. The lowest BCUT2D eigenvalue weighted by molar-refractivity contribution is 0.551. The minimum atomic E-state index is -0.207. The highest BCUT2D eigenvalue weighted by atomic mass is 79.9. The molecule has 76 valence electrons. The first-order valence-corrected chi connectivity index (χ1v) is 5.57. The van der Waals surface area contributed by atoms with Crippen molar-refractivity contribution in [2.75, 3.05) is 0 Å². The van der Waals surface area contributed by atoms with Gasteiger partial charge in [0, 0.05) is 15.9 Å². The number of benzene rings is 1. The van der Waals surface area contributed by atoms with Gasteiger partial charge < -0.3 is 5.73 Å². The van der Waals surface area contributed by atoms with Crippen LogP contribution >= 0.6 is 15.9 Å². The van der Waals surface area contributed by atoms with Crippen molar-refractivity contribution in [2.24, 2.45) is 5.73 Å². The van der Waals surface area contributed by atoms with Crippen LogP contribution in [0.25, 0.3) is 0 Å². The topological polar surface area (TPSA) is 26.0 Å². The third-order valence-electron chi connectivity index (χ3n) is 3.13. The zero-order valence-corrected chi connectivity index (χ0v) is 9.64. The molecule has 0 saturated heterocycles. The summed E-state index contributed by atoms with van der Waals surface area (Å²) in [5.74, 6) is -0.207. The molecule has 2 N–H and O–H groups in total. The SMILES string of the molecule is CC(N)C1(c2ccc(F)cc2Br)CC1. The fourth-order valence-electron chi connectivity index (χ4n) is 2.00. The molecule has 1 aliphatic rings. The first-order chi connectivity index (χ1) is 6.56. The number of halogens is 2. The van der Waals surface area contributed by atoms with E-state index in [1.165, 1.54) is 12.1 Å². The summed E-state index contributed by atoms with van der Waals surface area (Å²) in [6, 6.07) is 4.99. The summed E-state index contributed by atoms with van der Waals surface area (Å²) in [7, 11) is 0. The molecular formula is C11H13BrFN. The summed E-state index contributed by atoms with van der Waals surface area (Å²) in [6.07, 6.45) is 2.21. The molecule has 1 fully saturated rings. The maximum absolute atomic E-state index is 12.9. The van der Waals surface area contributed by atoms with Gasteiger partial charge in [-0.3, -0.25) is 0 Å². The van der Waals surface area contributed by atoms with E-state index < -0.39 is 0 Å². The van der Waals surface area contributed by atoms with Crippen LogP contribution in [0.1, 0.15) is 25.3 Å². The van der Waals surface area contributed by atoms with Crippen LogP contribution in [0.3, 0.4) is 0 Å². The third-order valence-corrected chi connectivity index (χ3v) is 3.78. The van der Waals surface area contributed by atoms with E-state index in [1.807, 2.05) is 13.0 Å². The molecule has 1 saturated carbocycles. The van der Waals surface area contributed by atoms with Gasteiger partial charge in [0.25, 0.3) is 0 Å². The summed E-state index contributed by atoms with van der Waals surface area (Å²) >= 11 is 3.40. The summed E-state index contributed by atoms with van der Waals surface area (Å²) < 4.78 is 13.7. The van der Waals surface area contributed by atoms with Crippen LogP contribution in [0.5, 0.6) is 0 Å². The van der Waals surface area contributed by atoms with Gasteiger partial charge in [0.15, 0.2) is 0 Å². The molecule has 3 heteroatoms. The first kappa shape index (κ1) is 10.1. The Morgan fingerprint density at radius 2 is 2.14 bits per heavy atom. The van der Waals surface area contributed by atoms with Crippen molar-refractivity contribution in [2.45, 2.75) is 31.2 Å². The Hall–Kier alpha value is -0.410. The Morgan fingerprint density at radius 1 is 1.50 bits per heavy atom. The van der Waals surface area contributed by atoms with E-state index in [1.54, 1.807) is 0 Å². The van der Waals surface area contributed by atoms with Crippen molar-refractivity contribution in [1.29, 1.82) is 0 Å². The lowest BCUT2D eigenvalue weighted by atomic mass is 9.89. The smallest absolute Gasteiger partial charge is 0.124 e. The molecule has 1 aromatic carbocycles. The minimum absolute atomic E-state index is 0.0898. The van der Waals surface area contributed by atoms with Crippen molar-refractivity contribution >= 4 is 15.9 Å². The van der Waals surface area contributed by atoms with E-state index in [0.29, 0.717) is 0 Å². The molecule has 1 atom stereocenters. The molecule has 0 aromatic heterocycles. The quantitative estimate of drug-likeness (QED) is 0.867. The molecule has 2 rings (SSSR count). The van der Waals surface area contributed by atoms with Gasteiger partial charge in [-0.1, -0.05) is 22.0 Å². The van der Waals surface area contributed by atoms with E-state index >= 15 is 0 Å². The van der Waals surface area contributed by atoms with Crippen molar-refractivity contribution in [3.05, 3.63) is 34.1 Å². The summed E-state index contributed by atoms with van der Waals surface area (Å²) in [5, 5.41) is 0. The maximum Gasteiger partial charge on any atom is 0.124 e. The summed E-state index contributed by atoms with van der Waals surface area (Å²) in [5.41, 5.74) is 7.19. The molecule has 14 heavy (non-hydrogen) atoms. The number of hydrogen-bond acceptors (Lipinski definition) is 1. The second-order valence-corrected chi connectivity index (χ2v) is 4.92. The minimum Gasteiger partial charge on any atom is -0.327 e. The number of hydrogen-bond donors (Lipinski definition) is 1. The molecular weight excluding hydrogens is 245 g/mol. The van der Waals surface area contributed by atoms with Gasteiger partial charge in [0.2, 0.25) is 0 Å². The molecule has 0 spiro atoms. The van der Waals surface area contributed by atoms with Gasteiger partial charge >= 0.3 is 0 Å². The van der Waals surface area contributed by atoms with Crippen LogP contribution in [0, 0.1) is 5.82 Å². The van der Waals surface area contributed by atoms with Crippen molar-refractivity contribution in [3.63, 3.8) is 0 Å². The lowest BCUT2D eigenvalue weighted by Gasteiger charge is -2.21. The number of nitrogens with two attached hydrogens (primary N) is 1. The molecule has 0 heterocycles. The van der Waals surface area contributed by atoms with E-state index in [9.17, 15) is 4.39 Å². The van der Waals surface area contributed by atoms with Crippen molar-refractivity contribution in [1.82, 2.24) is 0 Å². The third kappa shape index (κ3) is 1.48. The highest BCUT2D eigenvalue weighted by Crippen LogP contribution is 2.52. The maximum atomic E-state index is 12.9. The van der Waals surface area contributed by atoms with Gasteiger partial charge in [-0.15, -0.1) is 0 Å². The first-order valence-electron chi connectivity index (χ1n) is 4.77. The highest BCUT2D eigenvalue weighted by Gasteiger charge is 2.48. The van der Waals surface area contributed by atoms with Gasteiger partial charge in [-0.05, 0) is 37.5 Å². The molecule has 1 nitrogen and oxygen atoms in total.